The third-order valence-corrected chi connectivity index (χ3v) is 6.53. The van der Waals surface area contributed by atoms with Crippen molar-refractivity contribution in [3.8, 4) is 0 Å². The molecular weight excluding hydrogens is 435 g/mol. The summed E-state index contributed by atoms with van der Waals surface area (Å²) in [6, 6.07) is 3.87. The van der Waals surface area contributed by atoms with E-state index in [-0.39, 0.29) is 28.3 Å². The van der Waals surface area contributed by atoms with E-state index in [1.165, 1.54) is 29.0 Å². The first-order chi connectivity index (χ1) is 14.1. The van der Waals surface area contributed by atoms with Crippen molar-refractivity contribution in [1.29, 1.82) is 0 Å². The lowest BCUT2D eigenvalue weighted by molar-refractivity contribution is 0.101. The molecule has 4 N–H and O–H groups in total. The third-order valence-electron chi connectivity index (χ3n) is 5.01. The highest BCUT2D eigenvalue weighted by molar-refractivity contribution is 7.90. The monoisotopic (exact) mass is 458 g/mol. The molecule has 1 saturated carbocycles. The summed E-state index contributed by atoms with van der Waals surface area (Å²) in [5.41, 5.74) is 0.875. The number of halogens is 2. The number of aromatic nitrogens is 1. The molecule has 30 heavy (non-hydrogen) atoms. The largest absolute Gasteiger partial charge is 0.393 e. The predicted molar refractivity (Wildman–Crippen MR) is 113 cm³/mol. The maximum absolute atomic E-state index is 13.4. The molecule has 1 heterocycles. The van der Waals surface area contributed by atoms with Gasteiger partial charge in [-0.2, -0.15) is 13.1 Å². The first-order valence-corrected chi connectivity index (χ1v) is 11.3. The lowest BCUT2D eigenvalue weighted by Crippen LogP contribution is -2.41. The number of aliphatic hydroxyl groups is 1. The van der Waals surface area contributed by atoms with Crippen molar-refractivity contribution in [2.24, 2.45) is 7.05 Å². The Morgan fingerprint density at radius 3 is 2.57 bits per heavy atom. The van der Waals surface area contributed by atoms with E-state index < -0.39 is 22.2 Å². The molecule has 0 saturated heterocycles. The quantitative estimate of drug-likeness (QED) is 0.533. The van der Waals surface area contributed by atoms with Crippen LogP contribution in [-0.4, -0.2) is 36.1 Å². The summed E-state index contributed by atoms with van der Waals surface area (Å²) in [5, 5.41) is 12.1. The number of aryl methyl sites for hydroxylation is 2. The van der Waals surface area contributed by atoms with Gasteiger partial charge in [0.05, 0.1) is 16.8 Å². The molecule has 1 aromatic heterocycles. The first kappa shape index (κ1) is 22.5. The minimum absolute atomic E-state index is 0.0529. The molecule has 1 aliphatic carbocycles. The van der Waals surface area contributed by atoms with Gasteiger partial charge in [0.2, 0.25) is 0 Å². The number of carbonyl (C=O) groups excluding carboxylic acids is 1. The van der Waals surface area contributed by atoms with Crippen LogP contribution in [-0.2, 0) is 17.3 Å². The maximum Gasteiger partial charge on any atom is 0.299 e. The molecule has 0 aliphatic heterocycles. The predicted octanol–water partition coefficient (Wildman–Crippen LogP) is 2.93. The van der Waals surface area contributed by atoms with Gasteiger partial charge in [0, 0.05) is 25.0 Å². The van der Waals surface area contributed by atoms with Crippen molar-refractivity contribution in [3.63, 3.8) is 0 Å². The fourth-order valence-corrected chi connectivity index (χ4v) is 4.98. The zero-order valence-electron chi connectivity index (χ0n) is 16.6. The zero-order valence-corrected chi connectivity index (χ0v) is 18.1. The summed E-state index contributed by atoms with van der Waals surface area (Å²) in [4.78, 5) is 12.7. The van der Waals surface area contributed by atoms with Gasteiger partial charge in [-0.3, -0.25) is 9.52 Å². The zero-order chi connectivity index (χ0) is 22.1. The summed E-state index contributed by atoms with van der Waals surface area (Å²) in [6.45, 7) is 1.58. The van der Waals surface area contributed by atoms with Crippen LogP contribution in [0.3, 0.4) is 0 Å². The van der Waals surface area contributed by atoms with Gasteiger partial charge in [-0.15, -0.1) is 0 Å². The van der Waals surface area contributed by atoms with Crippen molar-refractivity contribution in [1.82, 2.24) is 9.29 Å². The van der Waals surface area contributed by atoms with Gasteiger partial charge in [-0.1, -0.05) is 11.6 Å². The van der Waals surface area contributed by atoms with E-state index in [2.05, 4.69) is 14.8 Å². The first-order valence-electron chi connectivity index (χ1n) is 9.46. The van der Waals surface area contributed by atoms with E-state index in [1.54, 1.807) is 14.0 Å². The molecule has 1 amide bonds. The van der Waals surface area contributed by atoms with Crippen LogP contribution in [0.2, 0.25) is 5.02 Å². The molecule has 0 atom stereocenters. The molecule has 8 nitrogen and oxygen atoms in total. The number of aliphatic hydroxyl groups excluding tert-OH is 1. The normalized spacial score (nSPS) is 19.5. The fraction of sp³-hybridized carbons (Fsp3) is 0.421. The molecule has 0 unspecified atom stereocenters. The van der Waals surface area contributed by atoms with Crippen LogP contribution in [0.15, 0.2) is 24.4 Å². The summed E-state index contributed by atoms with van der Waals surface area (Å²) in [6.07, 6.45) is 3.15. The second-order valence-corrected chi connectivity index (χ2v) is 9.29. The molecule has 0 bridgehead atoms. The number of carbonyl (C=O) groups is 1. The molecule has 3 rings (SSSR count). The van der Waals surface area contributed by atoms with E-state index >= 15 is 0 Å². The Balaban J connectivity index is 1.72. The molecule has 0 spiro atoms. The summed E-state index contributed by atoms with van der Waals surface area (Å²) < 4.78 is 44.7. The number of hydrogen-bond acceptors (Lipinski definition) is 4. The lowest BCUT2D eigenvalue weighted by atomic mass is 9.94. The van der Waals surface area contributed by atoms with Crippen LogP contribution < -0.4 is 14.8 Å². The smallest absolute Gasteiger partial charge is 0.299 e. The van der Waals surface area contributed by atoms with Crippen molar-refractivity contribution in [3.05, 3.63) is 46.5 Å². The van der Waals surface area contributed by atoms with E-state index in [9.17, 15) is 22.7 Å². The number of amides is 1. The van der Waals surface area contributed by atoms with Gasteiger partial charge in [0.25, 0.3) is 16.1 Å². The van der Waals surface area contributed by atoms with Gasteiger partial charge >= 0.3 is 0 Å². The average molecular weight is 459 g/mol. The van der Waals surface area contributed by atoms with Gasteiger partial charge in [0.15, 0.2) is 0 Å². The lowest BCUT2D eigenvalue weighted by Gasteiger charge is -2.26. The van der Waals surface area contributed by atoms with Crippen LogP contribution in [0.5, 0.6) is 0 Å². The Bertz CT molecular complexity index is 1050. The molecular formula is C19H24ClFN4O4S. The maximum atomic E-state index is 13.4. The highest BCUT2D eigenvalue weighted by Gasteiger charge is 2.26. The molecule has 0 radical (unpaired) electrons. The number of hydrogen-bond donors (Lipinski definition) is 4. The Kier molecular flexibility index (Phi) is 6.71. The van der Waals surface area contributed by atoms with Crippen LogP contribution in [0, 0.1) is 12.7 Å². The molecule has 1 fully saturated rings. The third kappa shape index (κ3) is 5.31. The van der Waals surface area contributed by atoms with Gasteiger partial charge in [-0.05, 0) is 56.4 Å². The van der Waals surface area contributed by atoms with Gasteiger partial charge < -0.3 is 15.0 Å². The summed E-state index contributed by atoms with van der Waals surface area (Å²) in [7, 11) is -2.37. The SMILES string of the molecule is Cc1cc(NC(=O)c2c(Cl)c(NS(=O)(=O)NC3CCC(O)CC3)cn2C)ccc1F. The van der Waals surface area contributed by atoms with Crippen molar-refractivity contribution in [2.75, 3.05) is 10.0 Å². The summed E-state index contributed by atoms with van der Waals surface area (Å²) >= 11 is 6.29. The Labute approximate surface area is 179 Å². The van der Waals surface area contributed by atoms with Gasteiger partial charge in [-0.25, -0.2) is 4.39 Å². The van der Waals surface area contributed by atoms with Crippen LogP contribution in [0.1, 0.15) is 41.7 Å². The number of nitrogens with zero attached hydrogens (tertiary/aromatic N) is 1. The highest BCUT2D eigenvalue weighted by Crippen LogP contribution is 2.30. The topological polar surface area (TPSA) is 112 Å². The standard InChI is InChI=1S/C19H24ClFN4O4S/c1-11-9-13(5-8-15(11)21)22-19(27)18-17(20)16(10-25(18)2)24-30(28,29)23-12-3-6-14(26)7-4-12/h5,8-10,12,14,23-24,26H,3-4,6-7H2,1-2H3,(H,22,27). The highest BCUT2D eigenvalue weighted by atomic mass is 35.5. The summed E-state index contributed by atoms with van der Waals surface area (Å²) in [5.74, 6) is -0.949. The number of nitrogens with one attached hydrogen (secondary N) is 3. The number of rotatable bonds is 6. The van der Waals surface area contributed by atoms with Gasteiger partial charge in [0.1, 0.15) is 11.5 Å². The van der Waals surface area contributed by atoms with Crippen molar-refractivity contribution in [2.45, 2.75) is 44.8 Å². The second kappa shape index (κ2) is 8.93. The van der Waals surface area contributed by atoms with Crippen LogP contribution in [0.4, 0.5) is 15.8 Å². The molecule has 11 heteroatoms. The van der Waals surface area contributed by atoms with E-state index in [0.717, 1.165) is 0 Å². The second-order valence-electron chi connectivity index (χ2n) is 7.46. The minimum Gasteiger partial charge on any atom is -0.393 e. The average Bonchev–Trinajstić information content (AvgIpc) is 2.92. The van der Waals surface area contributed by atoms with E-state index in [1.807, 2.05) is 0 Å². The molecule has 164 valence electrons. The number of benzene rings is 1. The fourth-order valence-electron chi connectivity index (χ4n) is 3.43. The van der Waals surface area contributed by atoms with E-state index in [0.29, 0.717) is 36.9 Å². The van der Waals surface area contributed by atoms with Crippen LogP contribution >= 0.6 is 11.6 Å². The van der Waals surface area contributed by atoms with E-state index in [4.69, 9.17) is 11.6 Å². The Morgan fingerprint density at radius 1 is 1.27 bits per heavy atom. The van der Waals surface area contributed by atoms with Crippen molar-refractivity contribution < 1.29 is 22.7 Å². The van der Waals surface area contributed by atoms with Crippen molar-refractivity contribution >= 4 is 39.1 Å². The molecule has 1 aromatic carbocycles. The minimum atomic E-state index is -3.93. The molecule has 1 aliphatic rings. The Hall–Kier alpha value is -2.14. The van der Waals surface area contributed by atoms with Crippen LogP contribution in [0.25, 0.3) is 0 Å². The number of anilines is 2. The molecule has 2 aromatic rings. The Morgan fingerprint density at radius 2 is 1.93 bits per heavy atom.